The molecule has 0 aromatic carbocycles. The van der Waals surface area contributed by atoms with Crippen LogP contribution in [0.1, 0.15) is 18.1 Å². The number of rotatable bonds is 5. The molecular formula is C13H17N5. The van der Waals surface area contributed by atoms with Crippen LogP contribution in [0.5, 0.6) is 0 Å². The molecule has 2 rings (SSSR count). The largest absolute Gasteiger partial charge is 0.373 e. The minimum atomic E-state index is 0.709. The summed E-state index contributed by atoms with van der Waals surface area (Å²) in [6.07, 6.45) is 6.06. The molecule has 0 fully saturated rings. The first kappa shape index (κ1) is 12.3. The zero-order chi connectivity index (χ0) is 12.8. The molecule has 5 nitrogen and oxygen atoms in total. The third-order valence-corrected chi connectivity index (χ3v) is 2.72. The lowest BCUT2D eigenvalue weighted by Crippen LogP contribution is -2.08. The van der Waals surface area contributed by atoms with Crippen molar-refractivity contribution >= 4 is 11.6 Å². The lowest BCUT2D eigenvalue weighted by Gasteiger charge is -2.12. The lowest BCUT2D eigenvalue weighted by molar-refractivity contribution is 1.01. The first-order chi connectivity index (χ1) is 8.85. The van der Waals surface area contributed by atoms with Crippen LogP contribution in [-0.4, -0.2) is 22.0 Å². The van der Waals surface area contributed by atoms with Crippen molar-refractivity contribution in [2.75, 3.05) is 17.7 Å². The Hall–Kier alpha value is -2.17. The number of hydrogen-bond acceptors (Lipinski definition) is 5. The molecule has 0 atom stereocenters. The second kappa shape index (κ2) is 5.95. The highest BCUT2D eigenvalue weighted by molar-refractivity contribution is 5.57. The molecule has 18 heavy (non-hydrogen) atoms. The van der Waals surface area contributed by atoms with Crippen molar-refractivity contribution in [2.45, 2.75) is 19.9 Å². The highest BCUT2D eigenvalue weighted by Crippen LogP contribution is 2.20. The molecule has 0 aliphatic heterocycles. The normalized spacial score (nSPS) is 10.1. The van der Waals surface area contributed by atoms with Crippen LogP contribution in [0.2, 0.25) is 0 Å². The summed E-state index contributed by atoms with van der Waals surface area (Å²) in [5.41, 5.74) is 2.23. The average Bonchev–Trinajstić information content (AvgIpc) is 2.45. The first-order valence-corrected chi connectivity index (χ1v) is 5.99. The minimum absolute atomic E-state index is 0.709. The van der Waals surface area contributed by atoms with Gasteiger partial charge in [0.05, 0.1) is 0 Å². The molecular weight excluding hydrogens is 226 g/mol. The van der Waals surface area contributed by atoms with E-state index in [1.165, 1.54) is 0 Å². The predicted octanol–water partition coefficient (Wildman–Crippen LogP) is 2.09. The van der Waals surface area contributed by atoms with Gasteiger partial charge in [-0.15, -0.1) is 0 Å². The van der Waals surface area contributed by atoms with E-state index in [9.17, 15) is 0 Å². The molecule has 0 amide bonds. The molecule has 0 saturated heterocycles. The smallest absolute Gasteiger partial charge is 0.134 e. The van der Waals surface area contributed by atoms with Crippen molar-refractivity contribution in [1.29, 1.82) is 0 Å². The van der Waals surface area contributed by atoms with Gasteiger partial charge in [-0.3, -0.25) is 4.98 Å². The van der Waals surface area contributed by atoms with Crippen molar-refractivity contribution in [3.8, 4) is 0 Å². The van der Waals surface area contributed by atoms with Crippen LogP contribution in [0.4, 0.5) is 11.6 Å². The number of anilines is 2. The van der Waals surface area contributed by atoms with E-state index in [1.54, 1.807) is 12.5 Å². The van der Waals surface area contributed by atoms with Gasteiger partial charge in [0.2, 0.25) is 0 Å². The van der Waals surface area contributed by atoms with Crippen molar-refractivity contribution in [2.24, 2.45) is 0 Å². The molecule has 5 heteroatoms. The Morgan fingerprint density at radius 1 is 1.22 bits per heavy atom. The van der Waals surface area contributed by atoms with Crippen LogP contribution < -0.4 is 10.6 Å². The molecule has 0 spiro atoms. The van der Waals surface area contributed by atoms with Gasteiger partial charge in [-0.25, -0.2) is 9.97 Å². The summed E-state index contributed by atoms with van der Waals surface area (Å²) in [5.74, 6) is 1.75. The summed E-state index contributed by atoms with van der Waals surface area (Å²) in [5, 5.41) is 6.41. The Morgan fingerprint density at radius 3 is 2.72 bits per heavy atom. The van der Waals surface area contributed by atoms with E-state index in [-0.39, 0.29) is 0 Å². The summed E-state index contributed by atoms with van der Waals surface area (Å²) in [4.78, 5) is 12.6. The molecule has 0 bridgehead atoms. The van der Waals surface area contributed by atoms with Crippen LogP contribution in [0, 0.1) is 0 Å². The lowest BCUT2D eigenvalue weighted by atomic mass is 10.2. The number of hydrogen-bond donors (Lipinski definition) is 2. The predicted molar refractivity (Wildman–Crippen MR) is 72.5 cm³/mol. The maximum atomic E-state index is 4.29. The van der Waals surface area contributed by atoms with Gasteiger partial charge in [0.25, 0.3) is 0 Å². The number of pyridine rings is 1. The van der Waals surface area contributed by atoms with Gasteiger partial charge in [-0.2, -0.15) is 0 Å². The van der Waals surface area contributed by atoms with Gasteiger partial charge in [-0.05, 0) is 18.1 Å². The maximum Gasteiger partial charge on any atom is 0.134 e. The highest BCUT2D eigenvalue weighted by atomic mass is 15.1. The zero-order valence-corrected chi connectivity index (χ0v) is 10.6. The first-order valence-electron chi connectivity index (χ1n) is 5.99. The van der Waals surface area contributed by atoms with E-state index in [0.29, 0.717) is 6.54 Å². The molecule has 0 radical (unpaired) electrons. The number of aromatic nitrogens is 3. The average molecular weight is 243 g/mol. The molecule has 0 aliphatic rings. The molecule has 94 valence electrons. The third kappa shape index (κ3) is 2.74. The van der Waals surface area contributed by atoms with Gasteiger partial charge in [0.1, 0.15) is 18.0 Å². The molecule has 2 N–H and O–H groups in total. The summed E-state index contributed by atoms with van der Waals surface area (Å²) in [6.45, 7) is 2.80. The van der Waals surface area contributed by atoms with Crippen LogP contribution in [0.3, 0.4) is 0 Å². The Morgan fingerprint density at radius 2 is 2.06 bits per heavy atom. The van der Waals surface area contributed by atoms with E-state index in [1.807, 2.05) is 25.4 Å². The van der Waals surface area contributed by atoms with E-state index in [4.69, 9.17) is 0 Å². The van der Waals surface area contributed by atoms with Gasteiger partial charge in [0.15, 0.2) is 0 Å². The van der Waals surface area contributed by atoms with E-state index in [2.05, 4.69) is 32.5 Å². The summed E-state index contributed by atoms with van der Waals surface area (Å²) < 4.78 is 0. The third-order valence-electron chi connectivity index (χ3n) is 2.72. The van der Waals surface area contributed by atoms with Crippen molar-refractivity contribution in [3.63, 3.8) is 0 Å². The number of nitrogens with one attached hydrogen (secondary N) is 2. The zero-order valence-electron chi connectivity index (χ0n) is 10.6. The highest BCUT2D eigenvalue weighted by Gasteiger charge is 2.07. The van der Waals surface area contributed by atoms with Crippen LogP contribution in [0.15, 0.2) is 30.9 Å². The SMILES string of the molecule is CCc1c(NC)ncnc1NCc1cccnc1. The fourth-order valence-electron chi connectivity index (χ4n) is 1.80. The molecule has 0 unspecified atom stereocenters. The van der Waals surface area contributed by atoms with Gasteiger partial charge < -0.3 is 10.6 Å². The summed E-state index contributed by atoms with van der Waals surface area (Å²) in [7, 11) is 1.87. The van der Waals surface area contributed by atoms with Gasteiger partial charge in [-0.1, -0.05) is 13.0 Å². The van der Waals surface area contributed by atoms with E-state index < -0.39 is 0 Å². The number of nitrogens with zero attached hydrogens (tertiary/aromatic N) is 3. The van der Waals surface area contributed by atoms with Gasteiger partial charge in [0, 0.05) is 31.5 Å². The van der Waals surface area contributed by atoms with Gasteiger partial charge >= 0.3 is 0 Å². The second-order valence-corrected chi connectivity index (χ2v) is 3.87. The fourth-order valence-corrected chi connectivity index (χ4v) is 1.80. The van der Waals surface area contributed by atoms with Crippen molar-refractivity contribution in [1.82, 2.24) is 15.0 Å². The van der Waals surface area contributed by atoms with Crippen LogP contribution in [0.25, 0.3) is 0 Å². The Bertz CT molecular complexity index is 498. The van der Waals surface area contributed by atoms with Crippen LogP contribution >= 0.6 is 0 Å². The summed E-state index contributed by atoms with van der Waals surface area (Å²) in [6, 6.07) is 3.96. The summed E-state index contributed by atoms with van der Waals surface area (Å²) >= 11 is 0. The Balaban J connectivity index is 2.14. The topological polar surface area (TPSA) is 62.7 Å². The standard InChI is InChI=1S/C13H17N5/c1-3-11-12(14-2)17-9-18-13(11)16-8-10-5-4-6-15-7-10/h4-7,9H,3,8H2,1-2H3,(H2,14,16,17,18). The molecule has 2 heterocycles. The van der Waals surface area contributed by atoms with E-state index >= 15 is 0 Å². The quantitative estimate of drug-likeness (QED) is 0.842. The Kier molecular flexibility index (Phi) is 4.06. The Labute approximate surface area is 107 Å². The van der Waals surface area contributed by atoms with E-state index in [0.717, 1.165) is 29.2 Å². The molecule has 2 aromatic heterocycles. The monoisotopic (exact) mass is 243 g/mol. The van der Waals surface area contributed by atoms with Crippen molar-refractivity contribution < 1.29 is 0 Å². The molecule has 0 aliphatic carbocycles. The van der Waals surface area contributed by atoms with Crippen LogP contribution in [-0.2, 0) is 13.0 Å². The minimum Gasteiger partial charge on any atom is -0.373 e. The van der Waals surface area contributed by atoms with Crippen molar-refractivity contribution in [3.05, 3.63) is 42.0 Å². The maximum absolute atomic E-state index is 4.29. The fraction of sp³-hybridized carbons (Fsp3) is 0.308. The second-order valence-electron chi connectivity index (χ2n) is 3.87. The molecule has 2 aromatic rings. The molecule has 0 saturated carbocycles.